The topological polar surface area (TPSA) is 73.6 Å². The van der Waals surface area contributed by atoms with Gasteiger partial charge < -0.3 is 20.2 Å². The first kappa shape index (κ1) is 18.9. The maximum Gasteiger partial charge on any atom is 0.244 e. The Morgan fingerprint density at radius 3 is 2.63 bits per heavy atom. The van der Waals surface area contributed by atoms with Crippen LogP contribution in [-0.2, 0) is 11.3 Å². The van der Waals surface area contributed by atoms with Crippen molar-refractivity contribution in [2.45, 2.75) is 63.1 Å². The highest BCUT2D eigenvalue weighted by Crippen LogP contribution is 2.23. The average Bonchev–Trinajstić information content (AvgIpc) is 3.18. The highest BCUT2D eigenvalue weighted by molar-refractivity contribution is 5.76. The van der Waals surface area contributed by atoms with Crippen LogP contribution >= 0.6 is 0 Å². The number of hydrogen-bond donors (Lipinski definition) is 2. The van der Waals surface area contributed by atoms with Gasteiger partial charge in [-0.2, -0.15) is 5.10 Å². The number of nitrogens with one attached hydrogen (secondary N) is 1. The van der Waals surface area contributed by atoms with Crippen molar-refractivity contribution in [3.8, 4) is 0 Å². The molecular weight excluding hydrogens is 342 g/mol. The third kappa shape index (κ3) is 4.70. The molecule has 1 atom stereocenters. The molecule has 0 bridgehead atoms. The van der Waals surface area contributed by atoms with E-state index in [-0.39, 0.29) is 12.0 Å². The van der Waals surface area contributed by atoms with Crippen molar-refractivity contribution in [3.05, 3.63) is 18.0 Å². The minimum Gasteiger partial charge on any atom is -0.393 e. The van der Waals surface area contributed by atoms with Crippen molar-refractivity contribution < 1.29 is 9.90 Å². The number of likely N-dealkylation sites (tertiary alicyclic amines) is 2. The number of aliphatic hydroxyl groups excluding tert-OH is 1. The third-order valence-electron chi connectivity index (χ3n) is 6.51. The SMILES string of the molecule is O=C(Cn1ccc(C2CCCNC2)n1)N1CCC(N2CCC(O)CC2)CC1. The Morgan fingerprint density at radius 1 is 1.15 bits per heavy atom. The molecule has 3 aliphatic rings. The Labute approximate surface area is 161 Å². The van der Waals surface area contributed by atoms with Gasteiger partial charge in [-0.3, -0.25) is 9.48 Å². The van der Waals surface area contributed by atoms with Crippen LogP contribution in [0.3, 0.4) is 0 Å². The normalized spacial score (nSPS) is 26.4. The zero-order valence-electron chi connectivity index (χ0n) is 16.2. The van der Waals surface area contributed by atoms with Crippen molar-refractivity contribution in [3.63, 3.8) is 0 Å². The number of piperidine rings is 3. The van der Waals surface area contributed by atoms with Crippen LogP contribution in [0.1, 0.15) is 50.1 Å². The van der Waals surface area contributed by atoms with Crippen molar-refractivity contribution in [2.75, 3.05) is 39.3 Å². The van der Waals surface area contributed by atoms with Gasteiger partial charge in [-0.05, 0) is 51.1 Å². The molecule has 1 amide bonds. The second-order valence-electron chi connectivity index (χ2n) is 8.36. The maximum atomic E-state index is 12.7. The van der Waals surface area contributed by atoms with Crippen LogP contribution in [0, 0.1) is 0 Å². The molecule has 4 rings (SSSR count). The van der Waals surface area contributed by atoms with Gasteiger partial charge in [-0.15, -0.1) is 0 Å². The first-order valence-electron chi connectivity index (χ1n) is 10.6. The summed E-state index contributed by atoms with van der Waals surface area (Å²) in [5, 5.41) is 17.8. The average molecular weight is 376 g/mol. The first-order chi connectivity index (χ1) is 13.2. The summed E-state index contributed by atoms with van der Waals surface area (Å²) in [6.45, 7) is 6.10. The summed E-state index contributed by atoms with van der Waals surface area (Å²) in [5.74, 6) is 0.660. The van der Waals surface area contributed by atoms with Gasteiger partial charge in [-0.1, -0.05) is 0 Å². The second-order valence-corrected chi connectivity index (χ2v) is 8.36. The number of carbonyl (C=O) groups is 1. The van der Waals surface area contributed by atoms with E-state index in [1.165, 1.54) is 12.8 Å². The van der Waals surface area contributed by atoms with Gasteiger partial charge in [0.25, 0.3) is 0 Å². The zero-order valence-corrected chi connectivity index (χ0v) is 16.2. The smallest absolute Gasteiger partial charge is 0.244 e. The summed E-state index contributed by atoms with van der Waals surface area (Å²) in [4.78, 5) is 17.2. The number of hydrogen-bond acceptors (Lipinski definition) is 5. The molecule has 7 heteroatoms. The lowest BCUT2D eigenvalue weighted by Gasteiger charge is -2.41. The molecule has 0 aliphatic carbocycles. The number of rotatable bonds is 4. The Morgan fingerprint density at radius 2 is 1.93 bits per heavy atom. The van der Waals surface area contributed by atoms with E-state index < -0.39 is 0 Å². The summed E-state index contributed by atoms with van der Waals surface area (Å²) in [6, 6.07) is 2.64. The molecule has 1 unspecified atom stereocenters. The molecule has 0 radical (unpaired) electrons. The number of aliphatic hydroxyl groups is 1. The Kier molecular flexibility index (Phi) is 6.10. The summed E-state index contributed by atoms with van der Waals surface area (Å²) < 4.78 is 1.81. The van der Waals surface area contributed by atoms with E-state index >= 15 is 0 Å². The standard InChI is InChI=1S/C20H33N5O2/c26-18-5-11-23(12-6-18)17-3-9-24(10-4-17)20(27)15-25-13-7-19(22-25)16-2-1-8-21-14-16/h7,13,16-18,21,26H,1-6,8-12,14-15H2. The van der Waals surface area contributed by atoms with Gasteiger partial charge in [0.2, 0.25) is 5.91 Å². The summed E-state index contributed by atoms with van der Waals surface area (Å²) in [6.07, 6.45) is 8.06. The maximum absolute atomic E-state index is 12.7. The van der Waals surface area contributed by atoms with Crippen molar-refractivity contribution >= 4 is 5.91 Å². The largest absolute Gasteiger partial charge is 0.393 e. The van der Waals surface area contributed by atoms with Gasteiger partial charge >= 0.3 is 0 Å². The second kappa shape index (κ2) is 8.71. The van der Waals surface area contributed by atoms with Crippen LogP contribution < -0.4 is 5.32 Å². The fraction of sp³-hybridized carbons (Fsp3) is 0.800. The summed E-state index contributed by atoms with van der Waals surface area (Å²) in [7, 11) is 0. The number of carbonyl (C=O) groups excluding carboxylic acids is 1. The Bertz CT molecular complexity index is 612. The van der Waals surface area contributed by atoms with Gasteiger partial charge in [0, 0.05) is 50.9 Å². The highest BCUT2D eigenvalue weighted by atomic mass is 16.3. The van der Waals surface area contributed by atoms with Crippen LogP contribution in [0.4, 0.5) is 0 Å². The zero-order chi connectivity index (χ0) is 18.6. The van der Waals surface area contributed by atoms with E-state index in [2.05, 4.69) is 21.4 Å². The molecule has 3 fully saturated rings. The summed E-state index contributed by atoms with van der Waals surface area (Å²) >= 11 is 0. The number of amides is 1. The van der Waals surface area contributed by atoms with Crippen LogP contribution in [0.5, 0.6) is 0 Å². The predicted octanol–water partition coefficient (Wildman–Crippen LogP) is 0.798. The van der Waals surface area contributed by atoms with E-state index in [9.17, 15) is 9.90 Å². The van der Waals surface area contributed by atoms with E-state index in [1.807, 2.05) is 15.8 Å². The van der Waals surface area contributed by atoms with E-state index in [4.69, 9.17) is 0 Å². The Hall–Kier alpha value is -1.44. The van der Waals surface area contributed by atoms with Gasteiger partial charge in [0.05, 0.1) is 11.8 Å². The molecule has 0 spiro atoms. The minimum atomic E-state index is -0.119. The molecule has 0 aromatic carbocycles. The first-order valence-corrected chi connectivity index (χ1v) is 10.6. The quantitative estimate of drug-likeness (QED) is 0.814. The third-order valence-corrected chi connectivity index (χ3v) is 6.51. The monoisotopic (exact) mass is 375 g/mol. The summed E-state index contributed by atoms with van der Waals surface area (Å²) in [5.41, 5.74) is 1.11. The van der Waals surface area contributed by atoms with Crippen LogP contribution in [0.25, 0.3) is 0 Å². The van der Waals surface area contributed by atoms with E-state index in [0.29, 0.717) is 18.5 Å². The van der Waals surface area contributed by atoms with Crippen molar-refractivity contribution in [1.29, 1.82) is 0 Å². The van der Waals surface area contributed by atoms with E-state index in [0.717, 1.165) is 70.6 Å². The predicted molar refractivity (Wildman–Crippen MR) is 103 cm³/mol. The van der Waals surface area contributed by atoms with E-state index in [1.54, 1.807) is 0 Å². The molecule has 27 heavy (non-hydrogen) atoms. The van der Waals surface area contributed by atoms with Crippen LogP contribution in [-0.4, -0.2) is 82.0 Å². The molecule has 2 N–H and O–H groups in total. The molecule has 1 aromatic heterocycles. The lowest BCUT2D eigenvalue weighted by molar-refractivity contribution is -0.133. The molecule has 3 aliphatic heterocycles. The molecular formula is C20H33N5O2. The minimum absolute atomic E-state index is 0.119. The lowest BCUT2D eigenvalue weighted by Crippen LogP contribution is -2.50. The van der Waals surface area contributed by atoms with Gasteiger partial charge in [-0.25, -0.2) is 0 Å². The van der Waals surface area contributed by atoms with Gasteiger partial charge in [0.15, 0.2) is 0 Å². The highest BCUT2D eigenvalue weighted by Gasteiger charge is 2.29. The molecule has 3 saturated heterocycles. The fourth-order valence-corrected chi connectivity index (χ4v) is 4.76. The fourth-order valence-electron chi connectivity index (χ4n) is 4.76. The molecule has 1 aromatic rings. The van der Waals surface area contributed by atoms with Crippen molar-refractivity contribution in [1.82, 2.24) is 24.9 Å². The lowest BCUT2D eigenvalue weighted by atomic mass is 9.97. The molecule has 7 nitrogen and oxygen atoms in total. The molecule has 0 saturated carbocycles. The number of nitrogens with zero attached hydrogens (tertiary/aromatic N) is 4. The molecule has 4 heterocycles. The van der Waals surface area contributed by atoms with Crippen LogP contribution in [0.2, 0.25) is 0 Å². The van der Waals surface area contributed by atoms with Crippen molar-refractivity contribution in [2.24, 2.45) is 0 Å². The number of aromatic nitrogens is 2. The molecule has 150 valence electrons. The Balaban J connectivity index is 1.24. The van der Waals surface area contributed by atoms with Gasteiger partial charge in [0.1, 0.15) is 6.54 Å². The van der Waals surface area contributed by atoms with Crippen LogP contribution in [0.15, 0.2) is 12.3 Å².